The summed E-state index contributed by atoms with van der Waals surface area (Å²) < 4.78 is 13.5. The Kier molecular flexibility index (Phi) is 4.56. The predicted molar refractivity (Wildman–Crippen MR) is 105 cm³/mol. The lowest BCUT2D eigenvalue weighted by Gasteiger charge is -2.23. The van der Waals surface area contributed by atoms with Crippen molar-refractivity contribution in [2.75, 3.05) is 50.1 Å². The molecule has 2 aromatic rings. The van der Waals surface area contributed by atoms with Crippen molar-refractivity contribution in [2.45, 2.75) is 6.92 Å². The zero-order chi connectivity index (χ0) is 20.0. The summed E-state index contributed by atoms with van der Waals surface area (Å²) in [6.07, 6.45) is 0. The molecule has 1 aromatic carbocycles. The van der Waals surface area contributed by atoms with Crippen molar-refractivity contribution in [3.63, 3.8) is 0 Å². The van der Waals surface area contributed by atoms with Crippen molar-refractivity contribution < 1.29 is 9.18 Å². The van der Waals surface area contributed by atoms with Crippen molar-refractivity contribution in [3.8, 4) is 0 Å². The van der Waals surface area contributed by atoms with Crippen LogP contribution in [0.3, 0.4) is 0 Å². The van der Waals surface area contributed by atoms with Gasteiger partial charge in [0.15, 0.2) is 0 Å². The molecule has 0 saturated carbocycles. The first-order valence-electron chi connectivity index (χ1n) is 9.41. The topological polar surface area (TPSA) is 72.5 Å². The Balaban J connectivity index is 1.45. The molecule has 148 valence electrons. The molecule has 2 fully saturated rings. The van der Waals surface area contributed by atoms with E-state index in [0.29, 0.717) is 49.5 Å². The number of aromatic amines is 1. The summed E-state index contributed by atoms with van der Waals surface area (Å²) in [6, 6.07) is 7.65. The van der Waals surface area contributed by atoms with E-state index in [0.717, 1.165) is 5.69 Å². The fourth-order valence-corrected chi connectivity index (χ4v) is 4.14. The zero-order valence-corrected chi connectivity index (χ0v) is 16.3. The molecule has 0 bridgehead atoms. The number of likely N-dealkylation sites (tertiary alicyclic amines) is 1. The summed E-state index contributed by atoms with van der Waals surface area (Å²) in [7, 11) is 3.90. The summed E-state index contributed by atoms with van der Waals surface area (Å²) in [6.45, 7) is 4.24. The molecule has 7 nitrogen and oxygen atoms in total. The van der Waals surface area contributed by atoms with Gasteiger partial charge in [0.05, 0.1) is 5.69 Å². The first-order valence-corrected chi connectivity index (χ1v) is 9.41. The number of anilines is 2. The van der Waals surface area contributed by atoms with E-state index in [-0.39, 0.29) is 11.6 Å². The number of carbonyl (C=O) groups is 1. The molecule has 4 rings (SSSR count). The molecule has 2 aliphatic heterocycles. The summed E-state index contributed by atoms with van der Waals surface area (Å²) in [5.41, 5.74) is 1.06. The average Bonchev–Trinajstić information content (AvgIpc) is 3.24. The molecular formula is C20H24FN5O2. The van der Waals surface area contributed by atoms with Crippen LogP contribution in [-0.4, -0.2) is 61.0 Å². The minimum Gasteiger partial charge on any atom is -0.378 e. The van der Waals surface area contributed by atoms with Gasteiger partial charge in [-0.15, -0.1) is 0 Å². The highest BCUT2D eigenvalue weighted by Crippen LogP contribution is 2.33. The van der Waals surface area contributed by atoms with Gasteiger partial charge in [0.2, 0.25) is 11.8 Å². The molecule has 2 unspecified atom stereocenters. The number of H-pyrrole nitrogens is 1. The van der Waals surface area contributed by atoms with Gasteiger partial charge in [0.1, 0.15) is 0 Å². The quantitative estimate of drug-likeness (QED) is 0.867. The predicted octanol–water partition coefficient (Wildman–Crippen LogP) is 1.49. The lowest BCUT2D eigenvalue weighted by atomic mass is 10.0. The minimum atomic E-state index is -0.833. The number of nitrogens with one attached hydrogen (secondary N) is 1. The highest BCUT2D eigenvalue weighted by molar-refractivity contribution is 5.95. The number of hydrogen-bond acceptors (Lipinski definition) is 5. The van der Waals surface area contributed by atoms with Crippen LogP contribution in [0.1, 0.15) is 16.1 Å². The Morgan fingerprint density at radius 2 is 1.89 bits per heavy atom. The van der Waals surface area contributed by atoms with E-state index in [4.69, 9.17) is 0 Å². The van der Waals surface area contributed by atoms with Crippen molar-refractivity contribution in [1.29, 1.82) is 0 Å². The number of rotatable bonds is 3. The fourth-order valence-electron chi connectivity index (χ4n) is 4.14. The monoisotopic (exact) mass is 385 g/mol. The number of halogens is 1. The van der Waals surface area contributed by atoms with E-state index in [1.165, 1.54) is 6.92 Å². The summed E-state index contributed by atoms with van der Waals surface area (Å²) >= 11 is 0. The average molecular weight is 385 g/mol. The summed E-state index contributed by atoms with van der Waals surface area (Å²) in [4.78, 5) is 37.2. The third kappa shape index (κ3) is 3.23. The second kappa shape index (κ2) is 6.92. The van der Waals surface area contributed by atoms with Crippen LogP contribution in [0.25, 0.3) is 0 Å². The number of carbonyl (C=O) groups excluding carboxylic acids is 1. The van der Waals surface area contributed by atoms with E-state index in [9.17, 15) is 14.0 Å². The molecule has 3 heterocycles. The van der Waals surface area contributed by atoms with E-state index in [2.05, 4.69) is 9.97 Å². The van der Waals surface area contributed by atoms with Crippen LogP contribution in [0, 0.1) is 24.6 Å². The van der Waals surface area contributed by atoms with Crippen molar-refractivity contribution >= 4 is 17.5 Å². The fraction of sp³-hybridized carbons (Fsp3) is 0.450. The molecule has 0 aliphatic carbocycles. The summed E-state index contributed by atoms with van der Waals surface area (Å²) in [5, 5.41) is 0. The summed E-state index contributed by atoms with van der Waals surface area (Å²) in [5.74, 6) is 0.261. The molecule has 1 amide bonds. The Morgan fingerprint density at radius 1 is 1.21 bits per heavy atom. The Labute approximate surface area is 162 Å². The maximum Gasteiger partial charge on any atom is 0.288 e. The molecular weight excluding hydrogens is 361 g/mol. The third-order valence-electron chi connectivity index (χ3n) is 5.70. The number of fused-ring (bicyclic) bond motifs is 1. The standard InChI is InChI=1S/C20H24FN5O2/c1-12-17(21)18(27)23-20(22-12)26-10-14-8-25(9-15(14)11-26)19(28)13-5-4-6-16(7-13)24(2)3/h4-7,14-15H,8-11H2,1-3H3,(H,22,23,27). The first-order chi connectivity index (χ1) is 13.3. The van der Waals surface area contributed by atoms with Gasteiger partial charge in [0.25, 0.3) is 11.5 Å². The van der Waals surface area contributed by atoms with Gasteiger partial charge in [-0.1, -0.05) is 6.07 Å². The second-order valence-electron chi connectivity index (χ2n) is 7.87. The van der Waals surface area contributed by atoms with Crippen molar-refractivity contribution in [2.24, 2.45) is 11.8 Å². The highest BCUT2D eigenvalue weighted by Gasteiger charge is 2.42. The van der Waals surface area contributed by atoms with Crippen molar-refractivity contribution in [3.05, 3.63) is 51.7 Å². The normalized spacial score (nSPS) is 21.1. The van der Waals surface area contributed by atoms with Crippen LogP contribution in [0.15, 0.2) is 29.1 Å². The van der Waals surface area contributed by atoms with Crippen LogP contribution in [0.4, 0.5) is 16.0 Å². The van der Waals surface area contributed by atoms with E-state index >= 15 is 0 Å². The number of benzene rings is 1. The largest absolute Gasteiger partial charge is 0.378 e. The number of hydrogen-bond donors (Lipinski definition) is 1. The zero-order valence-electron chi connectivity index (χ0n) is 16.3. The maximum absolute atomic E-state index is 13.5. The van der Waals surface area contributed by atoms with Crippen LogP contribution in [0.2, 0.25) is 0 Å². The van der Waals surface area contributed by atoms with Crippen LogP contribution in [-0.2, 0) is 0 Å². The Hall–Kier alpha value is -2.90. The van der Waals surface area contributed by atoms with Crippen molar-refractivity contribution in [1.82, 2.24) is 14.9 Å². The molecule has 2 atom stereocenters. The Morgan fingerprint density at radius 3 is 2.50 bits per heavy atom. The molecule has 1 aromatic heterocycles. The van der Waals surface area contributed by atoms with Crippen LogP contribution >= 0.6 is 0 Å². The van der Waals surface area contributed by atoms with Crippen LogP contribution in [0.5, 0.6) is 0 Å². The number of nitrogens with zero attached hydrogens (tertiary/aromatic N) is 4. The molecule has 1 N–H and O–H groups in total. The van der Waals surface area contributed by atoms with Gasteiger partial charge in [0, 0.05) is 63.4 Å². The molecule has 8 heteroatoms. The molecule has 0 spiro atoms. The smallest absolute Gasteiger partial charge is 0.288 e. The second-order valence-corrected chi connectivity index (χ2v) is 7.87. The van der Waals surface area contributed by atoms with Gasteiger partial charge in [-0.2, -0.15) is 4.39 Å². The van der Waals surface area contributed by atoms with Gasteiger partial charge < -0.3 is 14.7 Å². The van der Waals surface area contributed by atoms with Gasteiger partial charge in [-0.05, 0) is 25.1 Å². The van der Waals surface area contributed by atoms with Gasteiger partial charge in [-0.25, -0.2) is 4.98 Å². The number of amides is 1. The maximum atomic E-state index is 13.5. The SMILES string of the molecule is Cc1nc(N2CC3CN(C(=O)c4cccc(N(C)C)c4)CC3C2)[nH]c(=O)c1F. The Bertz CT molecular complexity index is 959. The highest BCUT2D eigenvalue weighted by atomic mass is 19.1. The van der Waals surface area contributed by atoms with E-state index in [1.807, 2.05) is 53.1 Å². The molecule has 2 saturated heterocycles. The van der Waals surface area contributed by atoms with Crippen LogP contribution < -0.4 is 15.4 Å². The lowest BCUT2D eigenvalue weighted by Crippen LogP contribution is -2.34. The third-order valence-corrected chi connectivity index (χ3v) is 5.70. The van der Waals surface area contributed by atoms with E-state index in [1.54, 1.807) is 0 Å². The van der Waals surface area contributed by atoms with Gasteiger partial charge >= 0.3 is 0 Å². The minimum absolute atomic E-state index is 0.0498. The molecule has 0 radical (unpaired) electrons. The number of aryl methyl sites for hydroxylation is 1. The molecule has 2 aliphatic rings. The first kappa shape index (κ1) is 18.5. The number of aromatic nitrogens is 2. The van der Waals surface area contributed by atoms with E-state index < -0.39 is 11.4 Å². The molecule has 28 heavy (non-hydrogen) atoms. The van der Waals surface area contributed by atoms with Gasteiger partial charge in [-0.3, -0.25) is 14.6 Å². The lowest BCUT2D eigenvalue weighted by molar-refractivity contribution is 0.0782.